The van der Waals surface area contributed by atoms with E-state index in [0.717, 1.165) is 18.7 Å². The van der Waals surface area contributed by atoms with Crippen molar-refractivity contribution in [3.8, 4) is 0 Å². The van der Waals surface area contributed by atoms with Crippen LogP contribution in [0.5, 0.6) is 0 Å². The zero-order valence-electron chi connectivity index (χ0n) is 9.98. The summed E-state index contributed by atoms with van der Waals surface area (Å²) < 4.78 is 1.67. The Morgan fingerprint density at radius 2 is 2.53 bits per heavy atom. The molecule has 1 aromatic heterocycles. The summed E-state index contributed by atoms with van der Waals surface area (Å²) in [5.74, 6) is 0.0710. The monoisotopic (exact) mass is 258 g/mol. The molecule has 0 spiro atoms. The minimum absolute atomic E-state index is 0. The SMILES string of the molecule is Cl.Cn1cc(NC(=O)CCC2CCCN2)cn1. The second-order valence-electron chi connectivity index (χ2n) is 4.28. The van der Waals surface area contributed by atoms with Gasteiger partial charge in [0.1, 0.15) is 0 Å². The standard InChI is InChI=1S/C11H18N4O.ClH/c1-15-8-10(7-13-15)14-11(16)5-4-9-3-2-6-12-9;/h7-9,12H,2-6H2,1H3,(H,14,16);1H. The summed E-state index contributed by atoms with van der Waals surface area (Å²) in [5, 5.41) is 10.2. The average Bonchev–Trinajstić information content (AvgIpc) is 2.87. The van der Waals surface area contributed by atoms with Crippen LogP contribution in [0.3, 0.4) is 0 Å². The highest BCUT2D eigenvalue weighted by atomic mass is 35.5. The van der Waals surface area contributed by atoms with Gasteiger partial charge < -0.3 is 10.6 Å². The highest BCUT2D eigenvalue weighted by molar-refractivity contribution is 5.90. The van der Waals surface area contributed by atoms with Crippen LogP contribution in [0.1, 0.15) is 25.7 Å². The molecule has 2 rings (SSSR count). The molecule has 1 unspecified atom stereocenters. The molecule has 1 fully saturated rings. The Morgan fingerprint density at radius 3 is 3.12 bits per heavy atom. The van der Waals surface area contributed by atoms with Gasteiger partial charge in [-0.2, -0.15) is 5.10 Å². The van der Waals surface area contributed by atoms with Crippen LogP contribution in [0.2, 0.25) is 0 Å². The van der Waals surface area contributed by atoms with Crippen LogP contribution in [-0.4, -0.2) is 28.3 Å². The van der Waals surface area contributed by atoms with E-state index in [1.807, 2.05) is 7.05 Å². The lowest BCUT2D eigenvalue weighted by Gasteiger charge is -2.08. The normalized spacial score (nSPS) is 18.8. The summed E-state index contributed by atoms with van der Waals surface area (Å²) >= 11 is 0. The van der Waals surface area contributed by atoms with Crippen LogP contribution in [0.25, 0.3) is 0 Å². The maximum Gasteiger partial charge on any atom is 0.224 e. The fourth-order valence-electron chi connectivity index (χ4n) is 2.02. The summed E-state index contributed by atoms with van der Waals surface area (Å²) in [6.07, 6.45) is 7.38. The van der Waals surface area contributed by atoms with Gasteiger partial charge in [-0.3, -0.25) is 9.48 Å². The molecule has 1 aliphatic heterocycles. The van der Waals surface area contributed by atoms with Crippen LogP contribution in [0.15, 0.2) is 12.4 Å². The molecule has 1 amide bonds. The molecule has 0 bridgehead atoms. The Bertz CT molecular complexity index is 360. The molecule has 5 nitrogen and oxygen atoms in total. The van der Waals surface area contributed by atoms with Crippen molar-refractivity contribution in [1.82, 2.24) is 15.1 Å². The van der Waals surface area contributed by atoms with Crippen molar-refractivity contribution in [3.05, 3.63) is 12.4 Å². The first-order valence-corrected chi connectivity index (χ1v) is 5.76. The lowest BCUT2D eigenvalue weighted by Crippen LogP contribution is -2.23. The van der Waals surface area contributed by atoms with Crippen molar-refractivity contribution >= 4 is 24.0 Å². The van der Waals surface area contributed by atoms with E-state index in [4.69, 9.17) is 0 Å². The first kappa shape index (κ1) is 14.0. The summed E-state index contributed by atoms with van der Waals surface area (Å²) in [7, 11) is 1.83. The highest BCUT2D eigenvalue weighted by Gasteiger charge is 2.15. The molecule has 1 aromatic rings. The Labute approximate surface area is 107 Å². The van der Waals surface area contributed by atoms with Crippen molar-refractivity contribution in [1.29, 1.82) is 0 Å². The maximum atomic E-state index is 11.6. The number of hydrogen-bond acceptors (Lipinski definition) is 3. The van der Waals surface area contributed by atoms with E-state index in [1.54, 1.807) is 17.1 Å². The quantitative estimate of drug-likeness (QED) is 0.856. The van der Waals surface area contributed by atoms with Gasteiger partial charge in [0.2, 0.25) is 5.91 Å². The molecule has 2 heterocycles. The maximum absolute atomic E-state index is 11.6. The van der Waals surface area contributed by atoms with E-state index in [9.17, 15) is 4.79 Å². The van der Waals surface area contributed by atoms with E-state index < -0.39 is 0 Å². The highest BCUT2D eigenvalue weighted by Crippen LogP contribution is 2.11. The van der Waals surface area contributed by atoms with Crippen molar-refractivity contribution in [3.63, 3.8) is 0 Å². The van der Waals surface area contributed by atoms with E-state index in [2.05, 4.69) is 15.7 Å². The number of aromatic nitrogens is 2. The van der Waals surface area contributed by atoms with Gasteiger partial charge in [0.25, 0.3) is 0 Å². The van der Waals surface area contributed by atoms with Crippen LogP contribution in [0, 0.1) is 0 Å². The van der Waals surface area contributed by atoms with E-state index in [-0.39, 0.29) is 18.3 Å². The fourth-order valence-corrected chi connectivity index (χ4v) is 2.02. The molecule has 0 radical (unpaired) electrons. The van der Waals surface area contributed by atoms with Crippen molar-refractivity contribution in [2.24, 2.45) is 7.05 Å². The number of carbonyl (C=O) groups excluding carboxylic acids is 1. The number of nitrogens with zero attached hydrogens (tertiary/aromatic N) is 2. The number of hydrogen-bond donors (Lipinski definition) is 2. The van der Waals surface area contributed by atoms with Crippen molar-refractivity contribution in [2.45, 2.75) is 31.7 Å². The first-order chi connectivity index (χ1) is 7.74. The lowest BCUT2D eigenvalue weighted by molar-refractivity contribution is -0.116. The van der Waals surface area contributed by atoms with Crippen LogP contribution >= 0.6 is 12.4 Å². The van der Waals surface area contributed by atoms with Crippen molar-refractivity contribution in [2.75, 3.05) is 11.9 Å². The predicted molar refractivity (Wildman–Crippen MR) is 69.3 cm³/mol. The molecule has 17 heavy (non-hydrogen) atoms. The topological polar surface area (TPSA) is 59.0 Å². The van der Waals surface area contributed by atoms with E-state index in [1.165, 1.54) is 12.8 Å². The van der Waals surface area contributed by atoms with Gasteiger partial charge in [0.15, 0.2) is 0 Å². The van der Waals surface area contributed by atoms with E-state index in [0.29, 0.717) is 12.5 Å². The molecule has 96 valence electrons. The fraction of sp³-hybridized carbons (Fsp3) is 0.636. The minimum Gasteiger partial charge on any atom is -0.323 e. The number of nitrogens with one attached hydrogen (secondary N) is 2. The third kappa shape index (κ3) is 4.36. The molecule has 6 heteroatoms. The number of anilines is 1. The Balaban J connectivity index is 0.00000144. The molecule has 1 saturated heterocycles. The predicted octanol–water partition coefficient (Wildman–Crippen LogP) is 1.31. The van der Waals surface area contributed by atoms with Gasteiger partial charge in [0.05, 0.1) is 11.9 Å². The summed E-state index contributed by atoms with van der Waals surface area (Å²) in [5.41, 5.74) is 0.770. The van der Waals surface area contributed by atoms with Gasteiger partial charge in [-0.15, -0.1) is 12.4 Å². The van der Waals surface area contributed by atoms with Crippen LogP contribution < -0.4 is 10.6 Å². The van der Waals surface area contributed by atoms with Crippen LogP contribution in [-0.2, 0) is 11.8 Å². The van der Waals surface area contributed by atoms with Gasteiger partial charge in [-0.25, -0.2) is 0 Å². The largest absolute Gasteiger partial charge is 0.323 e. The number of halogens is 1. The second kappa shape index (κ2) is 6.61. The Morgan fingerprint density at radius 1 is 1.71 bits per heavy atom. The molecule has 1 aliphatic rings. The average molecular weight is 259 g/mol. The Kier molecular flexibility index (Phi) is 5.44. The summed E-state index contributed by atoms with van der Waals surface area (Å²) in [6.45, 7) is 1.09. The third-order valence-corrected chi connectivity index (χ3v) is 2.87. The first-order valence-electron chi connectivity index (χ1n) is 5.76. The van der Waals surface area contributed by atoms with Gasteiger partial charge in [0, 0.05) is 25.7 Å². The zero-order chi connectivity index (χ0) is 11.4. The number of rotatable bonds is 4. The van der Waals surface area contributed by atoms with Crippen molar-refractivity contribution < 1.29 is 4.79 Å². The molecule has 1 atom stereocenters. The molecule has 0 saturated carbocycles. The number of carbonyl (C=O) groups is 1. The van der Waals surface area contributed by atoms with Crippen LogP contribution in [0.4, 0.5) is 5.69 Å². The summed E-state index contributed by atoms with van der Waals surface area (Å²) in [4.78, 5) is 11.6. The smallest absolute Gasteiger partial charge is 0.224 e. The van der Waals surface area contributed by atoms with Gasteiger partial charge in [-0.1, -0.05) is 0 Å². The van der Waals surface area contributed by atoms with E-state index >= 15 is 0 Å². The lowest BCUT2D eigenvalue weighted by atomic mass is 10.1. The molecular formula is C11H19ClN4O. The number of amides is 1. The number of aryl methyl sites for hydroxylation is 1. The molecule has 2 N–H and O–H groups in total. The molecular weight excluding hydrogens is 240 g/mol. The second-order valence-corrected chi connectivity index (χ2v) is 4.28. The summed E-state index contributed by atoms with van der Waals surface area (Å²) in [6, 6.07) is 0.527. The zero-order valence-corrected chi connectivity index (χ0v) is 10.8. The molecule has 0 aliphatic carbocycles. The minimum atomic E-state index is 0. The Hall–Kier alpha value is -1.07. The van der Waals surface area contributed by atoms with Gasteiger partial charge in [-0.05, 0) is 25.8 Å². The third-order valence-electron chi connectivity index (χ3n) is 2.87. The van der Waals surface area contributed by atoms with Gasteiger partial charge >= 0.3 is 0 Å². The molecule has 0 aromatic carbocycles.